The molecule has 0 spiro atoms. The Morgan fingerprint density at radius 1 is 1.02 bits per heavy atom. The van der Waals surface area contributed by atoms with Crippen molar-refractivity contribution in [1.29, 1.82) is 0 Å². The van der Waals surface area contributed by atoms with Crippen molar-refractivity contribution >= 4 is 18.0 Å². The van der Waals surface area contributed by atoms with Gasteiger partial charge in [0.25, 0.3) is 0 Å². The van der Waals surface area contributed by atoms with Crippen LogP contribution in [0.25, 0.3) is 0 Å². The molecule has 0 aromatic carbocycles. The number of ketones is 1. The Bertz CT molecular complexity index is 862. The lowest BCUT2D eigenvalue weighted by Gasteiger charge is -2.33. The molecule has 1 heterocycles. The Labute approximate surface area is 259 Å². The van der Waals surface area contributed by atoms with E-state index in [-0.39, 0.29) is 46.2 Å². The minimum absolute atomic E-state index is 0.00113. The van der Waals surface area contributed by atoms with Gasteiger partial charge >= 0.3 is 0 Å². The summed E-state index contributed by atoms with van der Waals surface area (Å²) in [6.45, 7) is 29.6. The monoisotopic (exact) mass is 594 g/mol. The summed E-state index contributed by atoms with van der Waals surface area (Å²) < 4.78 is 0. The van der Waals surface area contributed by atoms with Gasteiger partial charge in [-0.25, -0.2) is 0 Å². The van der Waals surface area contributed by atoms with Gasteiger partial charge in [-0.2, -0.15) is 0 Å². The lowest BCUT2D eigenvalue weighted by atomic mass is 9.86. The molecular formula is C35H67N3O4. The van der Waals surface area contributed by atoms with Crippen molar-refractivity contribution in [3.05, 3.63) is 24.0 Å². The number of aldehydes is 1. The fraction of sp³-hybridized carbons (Fsp3) is 0.800. The highest BCUT2D eigenvalue weighted by Gasteiger charge is 2.67. The number of rotatable bonds is 9. The van der Waals surface area contributed by atoms with E-state index in [1.54, 1.807) is 13.0 Å². The van der Waals surface area contributed by atoms with E-state index in [1.807, 2.05) is 33.9 Å². The molecule has 3 N–H and O–H groups in total. The van der Waals surface area contributed by atoms with Crippen molar-refractivity contribution in [2.24, 2.45) is 22.7 Å². The second-order valence-corrected chi connectivity index (χ2v) is 14.4. The molecule has 1 saturated carbocycles. The van der Waals surface area contributed by atoms with Gasteiger partial charge in [-0.1, -0.05) is 87.3 Å². The molecule has 42 heavy (non-hydrogen) atoms. The van der Waals surface area contributed by atoms with Crippen molar-refractivity contribution in [3.8, 4) is 0 Å². The number of aliphatic hydroxyl groups excluding tert-OH is 1. The first-order valence-corrected chi connectivity index (χ1v) is 15.9. The van der Waals surface area contributed by atoms with Gasteiger partial charge in [0, 0.05) is 17.7 Å². The lowest BCUT2D eigenvalue weighted by Crippen LogP contribution is -2.50. The van der Waals surface area contributed by atoms with E-state index in [2.05, 4.69) is 84.8 Å². The van der Waals surface area contributed by atoms with Gasteiger partial charge < -0.3 is 20.5 Å². The summed E-state index contributed by atoms with van der Waals surface area (Å²) in [7, 11) is 2.02. The fourth-order valence-electron chi connectivity index (χ4n) is 5.07. The zero-order chi connectivity index (χ0) is 33.5. The maximum Gasteiger partial charge on any atom is 0.238 e. The molecule has 1 aliphatic carbocycles. The molecule has 1 aliphatic heterocycles. The predicted octanol–water partition coefficient (Wildman–Crippen LogP) is 7.27. The third-order valence-electron chi connectivity index (χ3n) is 7.86. The quantitative estimate of drug-likeness (QED) is 0.148. The molecule has 7 heteroatoms. The zero-order valence-corrected chi connectivity index (χ0v) is 29.9. The van der Waals surface area contributed by atoms with Gasteiger partial charge in [-0.05, 0) is 77.2 Å². The SMILES string of the molecule is CC(C)(C)NC(C=O)C(C)(C)C.CC/C=C/O.CCC=C(C(C)=O)C(C)NC(=O)C1C2C(CN1C)C2(C)C.CCCC. The van der Waals surface area contributed by atoms with Crippen LogP contribution >= 0.6 is 0 Å². The molecule has 246 valence electrons. The smallest absolute Gasteiger partial charge is 0.238 e. The number of amides is 1. The molecule has 1 saturated heterocycles. The molecule has 2 rings (SSSR count). The zero-order valence-electron chi connectivity index (χ0n) is 29.9. The van der Waals surface area contributed by atoms with Gasteiger partial charge in [-0.3, -0.25) is 14.5 Å². The van der Waals surface area contributed by atoms with Crippen LogP contribution in [0.4, 0.5) is 0 Å². The largest absolute Gasteiger partial charge is 0.516 e. The number of nitrogens with one attached hydrogen (secondary N) is 2. The van der Waals surface area contributed by atoms with Crippen LogP contribution in [0.15, 0.2) is 24.0 Å². The number of likely N-dealkylation sites (N-methyl/N-ethyl adjacent to an activating group) is 1. The molecular weight excluding hydrogens is 526 g/mol. The summed E-state index contributed by atoms with van der Waals surface area (Å²) in [5.41, 5.74) is 0.979. The molecule has 5 unspecified atom stereocenters. The summed E-state index contributed by atoms with van der Waals surface area (Å²) in [5.74, 6) is 1.18. The second-order valence-electron chi connectivity index (χ2n) is 14.4. The number of aliphatic hydroxyl groups is 1. The first-order chi connectivity index (χ1) is 19.2. The van der Waals surface area contributed by atoms with Crippen LogP contribution in [0.5, 0.6) is 0 Å². The number of carbonyl (C=O) groups is 3. The van der Waals surface area contributed by atoms with Gasteiger partial charge in [0.05, 0.1) is 24.4 Å². The average molecular weight is 594 g/mol. The maximum absolute atomic E-state index is 12.6. The number of allylic oxidation sites excluding steroid dienone is 2. The van der Waals surface area contributed by atoms with Crippen LogP contribution in [0.1, 0.15) is 123 Å². The molecule has 0 aromatic heterocycles. The number of unbranched alkanes of at least 4 members (excludes halogenated alkanes) is 1. The van der Waals surface area contributed by atoms with Crippen LogP contribution in [-0.2, 0) is 14.4 Å². The Morgan fingerprint density at radius 2 is 1.55 bits per heavy atom. The number of nitrogens with zero attached hydrogens (tertiary/aromatic N) is 1. The minimum atomic E-state index is -0.218. The van der Waals surface area contributed by atoms with Crippen molar-refractivity contribution in [2.45, 2.75) is 146 Å². The molecule has 7 nitrogen and oxygen atoms in total. The molecule has 0 aromatic rings. The number of piperidine rings is 1. The van der Waals surface area contributed by atoms with E-state index >= 15 is 0 Å². The second kappa shape index (κ2) is 19.3. The summed E-state index contributed by atoms with van der Waals surface area (Å²) in [5, 5.41) is 14.2. The predicted molar refractivity (Wildman–Crippen MR) is 179 cm³/mol. The topological polar surface area (TPSA) is 98.7 Å². The molecule has 0 radical (unpaired) electrons. The number of likely N-dealkylation sites (tertiary alicyclic amines) is 1. The Kier molecular flexibility index (Phi) is 19.4. The van der Waals surface area contributed by atoms with Crippen molar-refractivity contribution < 1.29 is 19.5 Å². The summed E-state index contributed by atoms with van der Waals surface area (Å²) >= 11 is 0. The van der Waals surface area contributed by atoms with E-state index in [9.17, 15) is 14.4 Å². The van der Waals surface area contributed by atoms with Gasteiger partial charge in [-0.15, -0.1) is 0 Å². The van der Waals surface area contributed by atoms with E-state index < -0.39 is 0 Å². The Hall–Kier alpha value is -1.99. The highest BCUT2D eigenvalue weighted by molar-refractivity contribution is 5.95. The summed E-state index contributed by atoms with van der Waals surface area (Å²) in [6, 6.07) is -0.343. The summed E-state index contributed by atoms with van der Waals surface area (Å²) in [6.07, 6.45) is 9.99. The molecule has 2 fully saturated rings. The van der Waals surface area contributed by atoms with Crippen LogP contribution in [0.3, 0.4) is 0 Å². The third kappa shape index (κ3) is 15.0. The van der Waals surface area contributed by atoms with Gasteiger partial charge in [0.2, 0.25) is 5.91 Å². The van der Waals surface area contributed by atoms with E-state index in [4.69, 9.17) is 5.11 Å². The minimum Gasteiger partial charge on any atom is -0.516 e. The number of hydrogen-bond acceptors (Lipinski definition) is 6. The fourth-order valence-corrected chi connectivity index (χ4v) is 5.07. The average Bonchev–Trinajstić information content (AvgIpc) is 3.19. The number of carbonyl (C=O) groups excluding carboxylic acids is 3. The number of fused-ring (bicyclic) bond motifs is 1. The molecule has 2 aliphatic rings. The van der Waals surface area contributed by atoms with Crippen LogP contribution in [0.2, 0.25) is 0 Å². The van der Waals surface area contributed by atoms with E-state index in [0.29, 0.717) is 17.4 Å². The number of Topliss-reactive ketones (excluding diaryl/α,β-unsaturated/α-hetero) is 1. The van der Waals surface area contributed by atoms with E-state index in [1.165, 1.54) is 12.8 Å². The molecule has 1 amide bonds. The van der Waals surface area contributed by atoms with Crippen molar-refractivity contribution in [3.63, 3.8) is 0 Å². The van der Waals surface area contributed by atoms with Gasteiger partial charge in [0.15, 0.2) is 5.78 Å². The highest BCUT2D eigenvalue weighted by Crippen LogP contribution is 2.64. The Balaban J connectivity index is 0. The third-order valence-corrected chi connectivity index (χ3v) is 7.86. The standard InChI is InChI=1S/C17H28N2O2.C10H21NO.C4H8O.C4H10/c1-7-8-12(11(3)20)10(2)18-16(21)15-14-13(9-19(15)6)17(14,4)5;1-9(2,3)8(7-12)11-10(4,5)6;1-2-3-4-5;1-3-4-2/h8,10,13-15H,7,9H2,1-6H3,(H,18,21);7-8,11H,1-6H3;3-5H,2H2,1H3;3-4H2,1-2H3/b;;4-3+;. The van der Waals surface area contributed by atoms with Crippen LogP contribution < -0.4 is 10.6 Å². The highest BCUT2D eigenvalue weighted by atomic mass is 16.2. The first-order valence-electron chi connectivity index (χ1n) is 15.9. The normalized spacial score (nSPS) is 22.6. The summed E-state index contributed by atoms with van der Waals surface area (Å²) in [4.78, 5) is 37.2. The molecule has 5 atom stereocenters. The van der Waals surface area contributed by atoms with Crippen LogP contribution in [-0.4, -0.2) is 65.2 Å². The van der Waals surface area contributed by atoms with Crippen molar-refractivity contribution in [2.75, 3.05) is 13.6 Å². The lowest BCUT2D eigenvalue weighted by molar-refractivity contribution is -0.126. The first kappa shape index (κ1) is 42.1. The van der Waals surface area contributed by atoms with Crippen LogP contribution in [0, 0.1) is 22.7 Å². The van der Waals surface area contributed by atoms with E-state index in [0.717, 1.165) is 31.9 Å². The number of hydrogen-bond donors (Lipinski definition) is 3. The van der Waals surface area contributed by atoms with Crippen molar-refractivity contribution in [1.82, 2.24) is 15.5 Å². The molecule has 0 bridgehead atoms. The Morgan fingerprint density at radius 3 is 1.81 bits per heavy atom. The maximum atomic E-state index is 12.6. The van der Waals surface area contributed by atoms with Gasteiger partial charge in [0.1, 0.15) is 6.29 Å².